The van der Waals surface area contributed by atoms with Gasteiger partial charge in [0.2, 0.25) is 5.78 Å². The Morgan fingerprint density at radius 2 is 1.71 bits per heavy atom. The van der Waals surface area contributed by atoms with Gasteiger partial charge in [0.1, 0.15) is 0 Å². The third-order valence-corrected chi connectivity index (χ3v) is 5.90. The van der Waals surface area contributed by atoms with Crippen LogP contribution in [0.3, 0.4) is 0 Å². The van der Waals surface area contributed by atoms with Crippen molar-refractivity contribution in [3.63, 3.8) is 0 Å². The number of aryl methyl sites for hydroxylation is 2. The predicted octanol–water partition coefficient (Wildman–Crippen LogP) is 5.12. The van der Waals surface area contributed by atoms with Gasteiger partial charge >= 0.3 is 0 Å². The number of halogens is 2. The molecule has 0 spiro atoms. The Hall–Kier alpha value is -0.450. The Balaban J connectivity index is 2.47. The standard InChI is InChI=1S/C13H10Br2OS/c1-7-3-8(2)5-9(4-7)12(16)13-11(15)10(14)6-17-13/h3-6H,1-2H3. The van der Waals surface area contributed by atoms with E-state index in [1.54, 1.807) is 0 Å². The van der Waals surface area contributed by atoms with Crippen LogP contribution in [0.2, 0.25) is 0 Å². The molecule has 0 atom stereocenters. The van der Waals surface area contributed by atoms with Crippen LogP contribution >= 0.6 is 43.2 Å². The number of hydrogen-bond acceptors (Lipinski definition) is 2. The molecule has 0 saturated heterocycles. The summed E-state index contributed by atoms with van der Waals surface area (Å²) in [5.41, 5.74) is 2.97. The summed E-state index contributed by atoms with van der Waals surface area (Å²) in [6.07, 6.45) is 0. The summed E-state index contributed by atoms with van der Waals surface area (Å²) in [6, 6.07) is 5.92. The van der Waals surface area contributed by atoms with Gasteiger partial charge in [-0.1, -0.05) is 17.2 Å². The lowest BCUT2D eigenvalue weighted by Gasteiger charge is -2.03. The fraction of sp³-hybridized carbons (Fsp3) is 0.154. The summed E-state index contributed by atoms with van der Waals surface area (Å²) in [5, 5.41) is 1.92. The van der Waals surface area contributed by atoms with Crippen molar-refractivity contribution in [2.75, 3.05) is 0 Å². The minimum atomic E-state index is 0.0689. The number of rotatable bonds is 2. The van der Waals surface area contributed by atoms with E-state index in [1.807, 2.05) is 31.4 Å². The maximum Gasteiger partial charge on any atom is 0.204 e. The molecule has 0 radical (unpaired) electrons. The molecule has 0 saturated carbocycles. The zero-order chi connectivity index (χ0) is 12.6. The lowest BCUT2D eigenvalue weighted by molar-refractivity contribution is 0.104. The zero-order valence-corrected chi connectivity index (χ0v) is 13.4. The lowest BCUT2D eigenvalue weighted by Crippen LogP contribution is -2.00. The third kappa shape index (κ3) is 2.69. The second-order valence-electron chi connectivity index (χ2n) is 3.93. The largest absolute Gasteiger partial charge is 0.288 e. The van der Waals surface area contributed by atoms with Gasteiger partial charge in [-0.05, 0) is 57.8 Å². The maximum atomic E-state index is 12.3. The van der Waals surface area contributed by atoms with Gasteiger partial charge in [-0.3, -0.25) is 4.79 Å². The van der Waals surface area contributed by atoms with Gasteiger partial charge in [0, 0.05) is 15.4 Å². The SMILES string of the molecule is Cc1cc(C)cc(C(=O)c2scc(Br)c2Br)c1. The summed E-state index contributed by atoms with van der Waals surface area (Å²) in [7, 11) is 0. The molecule has 2 rings (SSSR count). The van der Waals surface area contributed by atoms with Crippen LogP contribution in [0.1, 0.15) is 26.4 Å². The molecule has 88 valence electrons. The van der Waals surface area contributed by atoms with Crippen LogP contribution < -0.4 is 0 Å². The summed E-state index contributed by atoms with van der Waals surface area (Å²) < 4.78 is 1.77. The summed E-state index contributed by atoms with van der Waals surface area (Å²) in [6.45, 7) is 4.01. The lowest BCUT2D eigenvalue weighted by atomic mass is 10.0. The molecule has 0 aliphatic heterocycles. The Labute approximate surface area is 121 Å². The van der Waals surface area contributed by atoms with Crippen molar-refractivity contribution in [1.29, 1.82) is 0 Å². The van der Waals surface area contributed by atoms with E-state index in [0.717, 1.165) is 30.5 Å². The van der Waals surface area contributed by atoms with Gasteiger partial charge in [0.15, 0.2) is 0 Å². The van der Waals surface area contributed by atoms with Crippen molar-refractivity contribution in [2.24, 2.45) is 0 Å². The molecule has 1 nitrogen and oxygen atoms in total. The number of thiophene rings is 1. The number of carbonyl (C=O) groups is 1. The summed E-state index contributed by atoms with van der Waals surface area (Å²) in [4.78, 5) is 13.1. The smallest absolute Gasteiger partial charge is 0.204 e. The van der Waals surface area contributed by atoms with Crippen LogP contribution in [0.25, 0.3) is 0 Å². The molecule has 0 fully saturated rings. The number of benzene rings is 1. The summed E-state index contributed by atoms with van der Waals surface area (Å²) >= 11 is 8.27. The van der Waals surface area contributed by atoms with Gasteiger partial charge in [-0.2, -0.15) is 0 Å². The highest BCUT2D eigenvalue weighted by Gasteiger charge is 2.17. The number of hydrogen-bond donors (Lipinski definition) is 0. The molecule has 1 aromatic carbocycles. The molecule has 0 unspecified atom stereocenters. The third-order valence-electron chi connectivity index (χ3n) is 2.38. The molecule has 2 aromatic rings. The molecule has 0 aliphatic rings. The first-order valence-corrected chi connectivity index (χ1v) is 7.51. The van der Waals surface area contributed by atoms with Crippen LogP contribution in [0, 0.1) is 13.8 Å². The zero-order valence-electron chi connectivity index (χ0n) is 9.38. The fourth-order valence-electron chi connectivity index (χ4n) is 1.71. The van der Waals surface area contributed by atoms with E-state index in [2.05, 4.69) is 37.9 Å². The van der Waals surface area contributed by atoms with Crippen LogP contribution in [0.15, 0.2) is 32.5 Å². The second-order valence-corrected chi connectivity index (χ2v) is 6.46. The van der Waals surface area contributed by atoms with E-state index in [9.17, 15) is 4.79 Å². The first-order valence-electron chi connectivity index (χ1n) is 5.04. The second kappa shape index (κ2) is 5.04. The summed E-state index contributed by atoms with van der Waals surface area (Å²) in [5.74, 6) is 0.0689. The van der Waals surface area contributed by atoms with Gasteiger partial charge in [0.25, 0.3) is 0 Å². The Bertz CT molecular complexity index is 567. The van der Waals surface area contributed by atoms with Crippen LogP contribution in [0.5, 0.6) is 0 Å². The minimum Gasteiger partial charge on any atom is -0.288 e. The molecule has 0 amide bonds. The molecule has 0 aliphatic carbocycles. The van der Waals surface area contributed by atoms with Gasteiger partial charge in [-0.25, -0.2) is 0 Å². The highest BCUT2D eigenvalue weighted by atomic mass is 79.9. The Morgan fingerprint density at radius 3 is 2.18 bits per heavy atom. The van der Waals surface area contributed by atoms with E-state index in [0.29, 0.717) is 0 Å². The van der Waals surface area contributed by atoms with E-state index >= 15 is 0 Å². The molecule has 1 aromatic heterocycles. The first-order chi connectivity index (χ1) is 7.99. The highest BCUT2D eigenvalue weighted by molar-refractivity contribution is 9.13. The van der Waals surface area contributed by atoms with E-state index in [4.69, 9.17) is 0 Å². The molecular weight excluding hydrogens is 364 g/mol. The molecule has 0 bridgehead atoms. The van der Waals surface area contributed by atoms with Crippen molar-refractivity contribution in [3.8, 4) is 0 Å². The Kier molecular flexibility index (Phi) is 3.85. The first kappa shape index (κ1) is 13.0. The highest BCUT2D eigenvalue weighted by Crippen LogP contribution is 2.34. The number of carbonyl (C=O) groups excluding carboxylic acids is 1. The molecule has 4 heteroatoms. The molecule has 17 heavy (non-hydrogen) atoms. The maximum absolute atomic E-state index is 12.3. The van der Waals surface area contributed by atoms with Crippen molar-refractivity contribution in [1.82, 2.24) is 0 Å². The minimum absolute atomic E-state index is 0.0689. The quantitative estimate of drug-likeness (QED) is 0.667. The van der Waals surface area contributed by atoms with Crippen LogP contribution in [0.4, 0.5) is 0 Å². The molecule has 0 N–H and O–H groups in total. The normalized spacial score (nSPS) is 10.6. The van der Waals surface area contributed by atoms with Crippen molar-refractivity contribution >= 4 is 49.0 Å². The molecule has 1 heterocycles. The Morgan fingerprint density at radius 1 is 1.12 bits per heavy atom. The van der Waals surface area contributed by atoms with E-state index in [-0.39, 0.29) is 5.78 Å². The van der Waals surface area contributed by atoms with Crippen molar-refractivity contribution < 1.29 is 4.79 Å². The van der Waals surface area contributed by atoms with E-state index < -0.39 is 0 Å². The van der Waals surface area contributed by atoms with Crippen LogP contribution in [-0.4, -0.2) is 5.78 Å². The predicted molar refractivity (Wildman–Crippen MR) is 79.1 cm³/mol. The van der Waals surface area contributed by atoms with Gasteiger partial charge in [-0.15, -0.1) is 11.3 Å². The number of ketones is 1. The average Bonchev–Trinajstić information content (AvgIpc) is 2.57. The van der Waals surface area contributed by atoms with Gasteiger partial charge < -0.3 is 0 Å². The van der Waals surface area contributed by atoms with Crippen LogP contribution in [-0.2, 0) is 0 Å². The fourth-order valence-corrected chi connectivity index (χ4v) is 3.83. The monoisotopic (exact) mass is 372 g/mol. The van der Waals surface area contributed by atoms with Gasteiger partial charge in [0.05, 0.1) is 9.35 Å². The van der Waals surface area contributed by atoms with E-state index in [1.165, 1.54) is 11.3 Å². The topological polar surface area (TPSA) is 17.1 Å². The van der Waals surface area contributed by atoms with Crippen molar-refractivity contribution in [2.45, 2.75) is 13.8 Å². The average molecular weight is 374 g/mol. The molecular formula is C13H10Br2OS. The van der Waals surface area contributed by atoms with Crippen molar-refractivity contribution in [3.05, 3.63) is 54.1 Å².